The summed E-state index contributed by atoms with van der Waals surface area (Å²) in [7, 11) is 0. The minimum Gasteiger partial charge on any atom is -0.492 e. The van der Waals surface area contributed by atoms with Crippen LogP contribution in [-0.4, -0.2) is 32.1 Å². The summed E-state index contributed by atoms with van der Waals surface area (Å²) in [5.74, 6) is 2.62. The van der Waals surface area contributed by atoms with E-state index in [1.807, 2.05) is 0 Å². The van der Waals surface area contributed by atoms with Crippen molar-refractivity contribution in [3.63, 3.8) is 0 Å². The second kappa shape index (κ2) is 9.61. The van der Waals surface area contributed by atoms with E-state index in [4.69, 9.17) is 4.74 Å². The number of amides is 1. The fourth-order valence-electron chi connectivity index (χ4n) is 7.26. The molecular weight excluding hydrogens is 432 g/mol. The molecule has 1 spiro atoms. The topological polar surface area (TPSA) is 41.6 Å². The average Bonchev–Trinajstić information content (AvgIpc) is 3.38. The van der Waals surface area contributed by atoms with E-state index >= 15 is 0 Å². The summed E-state index contributed by atoms with van der Waals surface area (Å²) in [5.41, 5.74) is 3.96. The number of para-hydroxylation sites is 1. The summed E-state index contributed by atoms with van der Waals surface area (Å²) >= 11 is 0. The van der Waals surface area contributed by atoms with Crippen molar-refractivity contribution in [1.29, 1.82) is 0 Å². The number of hydrogen-bond donors (Lipinski definition) is 1. The number of nitrogens with zero attached hydrogens (tertiary/aromatic N) is 1. The SMILES string of the molecule is C=C1CCNCCCC1CN1C(=O)C2(COC3=CC4CCCCCCCC4C=C32)c2ccccc21. The van der Waals surface area contributed by atoms with E-state index in [0.29, 0.717) is 24.4 Å². The van der Waals surface area contributed by atoms with Gasteiger partial charge in [0.2, 0.25) is 5.91 Å². The second-order valence-electron chi connectivity index (χ2n) is 11.4. The standard InChI is InChI=1S/C31H40N2O2/c1-22-15-17-32-16-9-12-25(22)20-33-28-14-8-7-13-26(28)31(30(33)34)21-35-29-19-24-11-6-4-2-3-5-10-23(24)18-27(29)31/h7-8,13-14,18-19,23-25,32H,1-6,9-12,15-17,20-21H2. The maximum Gasteiger partial charge on any atom is 0.245 e. The third-order valence-electron chi connectivity index (χ3n) is 9.31. The molecule has 3 fully saturated rings. The third-order valence-corrected chi connectivity index (χ3v) is 9.31. The fraction of sp³-hybridized carbons (Fsp3) is 0.581. The van der Waals surface area contributed by atoms with Gasteiger partial charge in [-0.25, -0.2) is 0 Å². The first kappa shape index (κ1) is 23.1. The Balaban J connectivity index is 1.35. The number of benzene rings is 1. The zero-order chi connectivity index (χ0) is 23.8. The predicted octanol–water partition coefficient (Wildman–Crippen LogP) is 6.05. The number of nitrogens with one attached hydrogen (secondary N) is 1. The number of fused-ring (bicyclic) bond motifs is 5. The van der Waals surface area contributed by atoms with Gasteiger partial charge in [0.25, 0.3) is 0 Å². The largest absolute Gasteiger partial charge is 0.492 e. The maximum absolute atomic E-state index is 14.4. The molecule has 35 heavy (non-hydrogen) atoms. The first-order valence-corrected chi connectivity index (χ1v) is 14.1. The maximum atomic E-state index is 14.4. The van der Waals surface area contributed by atoms with E-state index in [2.05, 4.69) is 53.2 Å². The van der Waals surface area contributed by atoms with Crippen molar-refractivity contribution >= 4 is 11.6 Å². The molecule has 5 aliphatic rings. The van der Waals surface area contributed by atoms with Gasteiger partial charge in [-0.3, -0.25) is 4.79 Å². The van der Waals surface area contributed by atoms with Gasteiger partial charge in [-0.1, -0.05) is 68.5 Å². The number of hydrogen-bond acceptors (Lipinski definition) is 3. The Kier molecular flexibility index (Phi) is 6.34. The summed E-state index contributed by atoms with van der Waals surface area (Å²) in [5, 5.41) is 3.49. The molecule has 0 aromatic heterocycles. The summed E-state index contributed by atoms with van der Waals surface area (Å²) in [6.45, 7) is 7.63. The van der Waals surface area contributed by atoms with Crippen molar-refractivity contribution in [3.05, 3.63) is 65.5 Å². The van der Waals surface area contributed by atoms with Crippen LogP contribution in [0.4, 0.5) is 5.69 Å². The fourth-order valence-corrected chi connectivity index (χ4v) is 7.26. The van der Waals surface area contributed by atoms with E-state index in [1.54, 1.807) is 0 Å². The van der Waals surface area contributed by atoms with Crippen molar-refractivity contribution in [3.8, 4) is 0 Å². The van der Waals surface area contributed by atoms with Gasteiger partial charge in [0.05, 0.1) is 0 Å². The van der Waals surface area contributed by atoms with Crippen LogP contribution in [0, 0.1) is 17.8 Å². The first-order valence-electron chi connectivity index (χ1n) is 14.1. The van der Waals surface area contributed by atoms with E-state index in [1.165, 1.54) is 50.5 Å². The Labute approximate surface area is 210 Å². The molecule has 1 aromatic rings. The zero-order valence-electron chi connectivity index (χ0n) is 21.1. The van der Waals surface area contributed by atoms with Crippen LogP contribution in [0.2, 0.25) is 0 Å². The van der Waals surface area contributed by atoms with Gasteiger partial charge >= 0.3 is 0 Å². The Morgan fingerprint density at radius 1 is 0.971 bits per heavy atom. The molecule has 4 unspecified atom stereocenters. The number of ether oxygens (including phenoxy) is 1. The Bertz CT molecular complexity index is 1060. The normalized spacial score (nSPS) is 33.3. The highest BCUT2D eigenvalue weighted by molar-refractivity contribution is 6.11. The molecule has 3 aliphatic heterocycles. The molecule has 0 radical (unpaired) electrons. The molecular formula is C31H40N2O2. The molecule has 2 aliphatic carbocycles. The molecule has 4 nitrogen and oxygen atoms in total. The van der Waals surface area contributed by atoms with Crippen molar-refractivity contribution in [2.24, 2.45) is 17.8 Å². The van der Waals surface area contributed by atoms with Gasteiger partial charge in [-0.05, 0) is 80.7 Å². The van der Waals surface area contributed by atoms with Crippen molar-refractivity contribution < 1.29 is 9.53 Å². The molecule has 3 heterocycles. The summed E-state index contributed by atoms with van der Waals surface area (Å²) in [6, 6.07) is 8.48. The van der Waals surface area contributed by atoms with Gasteiger partial charge < -0.3 is 15.0 Å². The van der Waals surface area contributed by atoms with Gasteiger partial charge in [-0.15, -0.1) is 0 Å². The van der Waals surface area contributed by atoms with Gasteiger partial charge in [-0.2, -0.15) is 0 Å². The van der Waals surface area contributed by atoms with Crippen LogP contribution in [-0.2, 0) is 14.9 Å². The zero-order valence-corrected chi connectivity index (χ0v) is 21.1. The molecule has 1 aromatic carbocycles. The summed E-state index contributed by atoms with van der Waals surface area (Å²) in [4.78, 5) is 16.5. The molecule has 0 bridgehead atoms. The Morgan fingerprint density at radius 3 is 2.60 bits per heavy atom. The minimum absolute atomic E-state index is 0.211. The molecule has 6 rings (SSSR count). The lowest BCUT2D eigenvalue weighted by molar-refractivity contribution is -0.122. The minimum atomic E-state index is -0.684. The van der Waals surface area contributed by atoms with E-state index in [0.717, 1.165) is 61.5 Å². The number of carbonyl (C=O) groups excluding carboxylic acids is 1. The van der Waals surface area contributed by atoms with E-state index < -0.39 is 5.41 Å². The monoisotopic (exact) mass is 472 g/mol. The lowest BCUT2D eigenvalue weighted by Crippen LogP contribution is -2.44. The molecule has 4 heteroatoms. The summed E-state index contributed by atoms with van der Waals surface area (Å²) in [6.07, 6.45) is 17.2. The highest BCUT2D eigenvalue weighted by atomic mass is 16.5. The Morgan fingerprint density at radius 2 is 1.74 bits per heavy atom. The lowest BCUT2D eigenvalue weighted by Gasteiger charge is -2.31. The molecule has 2 saturated heterocycles. The van der Waals surface area contributed by atoms with Crippen LogP contribution < -0.4 is 10.2 Å². The number of anilines is 1. The van der Waals surface area contributed by atoms with Crippen LogP contribution in [0.25, 0.3) is 0 Å². The first-order chi connectivity index (χ1) is 17.2. The Hall–Kier alpha value is -2.33. The summed E-state index contributed by atoms with van der Waals surface area (Å²) < 4.78 is 6.39. The van der Waals surface area contributed by atoms with Gasteiger partial charge in [0.1, 0.15) is 17.8 Å². The van der Waals surface area contributed by atoms with Crippen LogP contribution in [0.1, 0.15) is 69.8 Å². The molecule has 1 saturated carbocycles. The lowest BCUT2D eigenvalue weighted by atomic mass is 9.70. The van der Waals surface area contributed by atoms with E-state index in [9.17, 15) is 4.79 Å². The van der Waals surface area contributed by atoms with Crippen molar-refractivity contribution in [2.45, 2.75) is 69.6 Å². The number of rotatable bonds is 2. The van der Waals surface area contributed by atoms with Crippen molar-refractivity contribution in [2.75, 3.05) is 31.1 Å². The second-order valence-corrected chi connectivity index (χ2v) is 11.4. The molecule has 1 N–H and O–H groups in total. The quantitative estimate of drug-likeness (QED) is 0.533. The average molecular weight is 473 g/mol. The van der Waals surface area contributed by atoms with Gasteiger partial charge in [0, 0.05) is 17.8 Å². The van der Waals surface area contributed by atoms with Crippen LogP contribution in [0.3, 0.4) is 0 Å². The highest BCUT2D eigenvalue weighted by Crippen LogP contribution is 2.55. The van der Waals surface area contributed by atoms with Crippen LogP contribution in [0.5, 0.6) is 0 Å². The molecule has 186 valence electrons. The molecule has 4 atom stereocenters. The van der Waals surface area contributed by atoms with Crippen LogP contribution >= 0.6 is 0 Å². The van der Waals surface area contributed by atoms with E-state index in [-0.39, 0.29) is 5.91 Å². The molecule has 1 amide bonds. The van der Waals surface area contributed by atoms with Gasteiger partial charge in [0.15, 0.2) is 0 Å². The predicted molar refractivity (Wildman–Crippen MR) is 141 cm³/mol. The smallest absolute Gasteiger partial charge is 0.245 e. The van der Waals surface area contributed by atoms with Crippen LogP contribution in [0.15, 0.2) is 59.9 Å². The van der Waals surface area contributed by atoms with Crippen molar-refractivity contribution in [1.82, 2.24) is 5.32 Å². The third kappa shape index (κ3) is 3.98. The number of allylic oxidation sites excluding steroid dienone is 3. The number of carbonyl (C=O) groups is 1. The highest BCUT2D eigenvalue weighted by Gasteiger charge is 2.59.